The lowest BCUT2D eigenvalue weighted by Crippen LogP contribution is -2.33. The molecule has 0 aliphatic rings. The Bertz CT molecular complexity index is 857. The molecule has 0 saturated carbocycles. The lowest BCUT2D eigenvalue weighted by atomic mass is 10.1. The second kappa shape index (κ2) is 7.75. The number of benzene rings is 2. The number of hydrogen-bond donors (Lipinski definition) is 1. The highest BCUT2D eigenvalue weighted by molar-refractivity contribution is 5.83. The first kappa shape index (κ1) is 16.9. The number of likely N-dealkylation sites (N-methyl/N-ethyl adjacent to an activating group) is 1. The van der Waals surface area contributed by atoms with Crippen molar-refractivity contribution in [3.05, 3.63) is 60.3 Å². The van der Waals surface area contributed by atoms with Crippen LogP contribution in [0.25, 0.3) is 10.9 Å². The van der Waals surface area contributed by atoms with Gasteiger partial charge in [-0.1, -0.05) is 30.3 Å². The summed E-state index contributed by atoms with van der Waals surface area (Å²) in [5.74, 6) is 1.13. The summed E-state index contributed by atoms with van der Waals surface area (Å²) in [5, 5.41) is 1.20. The number of carbonyl (C=O) groups is 1. The normalized spacial score (nSPS) is 10.6. The summed E-state index contributed by atoms with van der Waals surface area (Å²) in [6, 6.07) is 15.5. The molecular formula is C20H22N2O3. The van der Waals surface area contributed by atoms with Gasteiger partial charge in [-0.3, -0.25) is 4.79 Å². The fourth-order valence-corrected chi connectivity index (χ4v) is 2.74. The van der Waals surface area contributed by atoms with Crippen molar-refractivity contribution in [2.45, 2.75) is 6.42 Å². The van der Waals surface area contributed by atoms with Gasteiger partial charge in [0, 0.05) is 30.7 Å². The third kappa shape index (κ3) is 3.94. The molecule has 0 aliphatic carbocycles. The number of fused-ring (bicyclic) bond motifs is 1. The number of rotatable bonds is 7. The van der Waals surface area contributed by atoms with Crippen molar-refractivity contribution in [1.29, 1.82) is 0 Å². The minimum absolute atomic E-state index is 0.00917. The maximum absolute atomic E-state index is 12.3. The maximum atomic E-state index is 12.3. The van der Waals surface area contributed by atoms with Gasteiger partial charge in [0.05, 0.1) is 7.11 Å². The Morgan fingerprint density at radius 2 is 1.80 bits per heavy atom. The first-order valence-electron chi connectivity index (χ1n) is 8.24. The molecule has 0 aliphatic heterocycles. The molecule has 2 aromatic carbocycles. The van der Waals surface area contributed by atoms with Gasteiger partial charge >= 0.3 is 0 Å². The van der Waals surface area contributed by atoms with Gasteiger partial charge < -0.3 is 19.4 Å². The van der Waals surface area contributed by atoms with Gasteiger partial charge in [0.1, 0.15) is 0 Å². The Kier molecular flexibility index (Phi) is 5.23. The SMILES string of the molecule is COc1ccccc1OCC(=O)N(C)CCc1c[nH]c2ccccc12. The summed E-state index contributed by atoms with van der Waals surface area (Å²) in [6.45, 7) is 0.626. The van der Waals surface area contributed by atoms with Crippen LogP contribution < -0.4 is 9.47 Å². The molecule has 0 atom stereocenters. The van der Waals surface area contributed by atoms with Crippen molar-refractivity contribution < 1.29 is 14.3 Å². The zero-order valence-electron chi connectivity index (χ0n) is 14.5. The van der Waals surface area contributed by atoms with Gasteiger partial charge in [-0.05, 0) is 30.2 Å². The molecular weight excluding hydrogens is 316 g/mol. The van der Waals surface area contributed by atoms with E-state index in [1.807, 2.05) is 30.5 Å². The number of H-pyrrole nitrogens is 1. The predicted molar refractivity (Wildman–Crippen MR) is 98.1 cm³/mol. The van der Waals surface area contributed by atoms with E-state index in [0.29, 0.717) is 18.0 Å². The summed E-state index contributed by atoms with van der Waals surface area (Å²) in [6.07, 6.45) is 2.80. The Labute approximate surface area is 147 Å². The van der Waals surface area contributed by atoms with Gasteiger partial charge in [-0.2, -0.15) is 0 Å². The molecule has 0 radical (unpaired) electrons. The molecule has 1 aromatic heterocycles. The number of carbonyl (C=O) groups excluding carboxylic acids is 1. The van der Waals surface area contributed by atoms with Crippen LogP contribution in [0.5, 0.6) is 11.5 Å². The zero-order valence-corrected chi connectivity index (χ0v) is 14.5. The minimum Gasteiger partial charge on any atom is -0.493 e. The Balaban J connectivity index is 1.54. The summed E-state index contributed by atoms with van der Waals surface area (Å²) >= 11 is 0. The summed E-state index contributed by atoms with van der Waals surface area (Å²) in [7, 11) is 3.38. The molecule has 5 nitrogen and oxygen atoms in total. The molecule has 5 heteroatoms. The molecule has 0 fully saturated rings. The van der Waals surface area contributed by atoms with Gasteiger partial charge in [0.25, 0.3) is 5.91 Å². The van der Waals surface area contributed by atoms with E-state index in [2.05, 4.69) is 17.1 Å². The zero-order chi connectivity index (χ0) is 17.6. The van der Waals surface area contributed by atoms with Crippen LogP contribution in [0.4, 0.5) is 0 Å². The highest BCUT2D eigenvalue weighted by Crippen LogP contribution is 2.25. The number of methoxy groups -OCH3 is 1. The van der Waals surface area contributed by atoms with Crippen molar-refractivity contribution in [3.63, 3.8) is 0 Å². The molecule has 1 N–H and O–H groups in total. The summed E-state index contributed by atoms with van der Waals surface area (Å²) < 4.78 is 10.8. The average molecular weight is 338 g/mol. The van der Waals surface area contributed by atoms with E-state index in [0.717, 1.165) is 11.9 Å². The number of para-hydroxylation sites is 3. The molecule has 130 valence electrons. The number of nitrogens with one attached hydrogen (secondary N) is 1. The quantitative estimate of drug-likeness (QED) is 0.719. The maximum Gasteiger partial charge on any atom is 0.260 e. The number of aromatic amines is 1. The fraction of sp³-hybridized carbons (Fsp3) is 0.250. The first-order valence-corrected chi connectivity index (χ1v) is 8.24. The van der Waals surface area contributed by atoms with Gasteiger partial charge in [0.15, 0.2) is 18.1 Å². The van der Waals surface area contributed by atoms with Crippen LogP contribution >= 0.6 is 0 Å². The molecule has 1 heterocycles. The van der Waals surface area contributed by atoms with Gasteiger partial charge in [-0.25, -0.2) is 0 Å². The van der Waals surface area contributed by atoms with Crippen molar-refractivity contribution in [2.75, 3.05) is 27.3 Å². The van der Waals surface area contributed by atoms with E-state index in [-0.39, 0.29) is 12.5 Å². The molecule has 0 bridgehead atoms. The third-order valence-electron chi connectivity index (χ3n) is 4.24. The van der Waals surface area contributed by atoms with Crippen molar-refractivity contribution in [2.24, 2.45) is 0 Å². The van der Waals surface area contributed by atoms with E-state index < -0.39 is 0 Å². The average Bonchev–Trinajstić information content (AvgIpc) is 3.07. The van der Waals surface area contributed by atoms with E-state index in [1.165, 1.54) is 10.9 Å². The third-order valence-corrected chi connectivity index (χ3v) is 4.24. The van der Waals surface area contributed by atoms with Crippen LogP contribution in [0.2, 0.25) is 0 Å². The molecule has 0 spiro atoms. The minimum atomic E-state index is -0.0641. The van der Waals surface area contributed by atoms with E-state index in [9.17, 15) is 4.79 Å². The van der Waals surface area contributed by atoms with E-state index >= 15 is 0 Å². The number of hydrogen-bond acceptors (Lipinski definition) is 3. The predicted octanol–water partition coefficient (Wildman–Crippen LogP) is 3.26. The van der Waals surface area contributed by atoms with E-state index in [4.69, 9.17) is 9.47 Å². The molecule has 0 unspecified atom stereocenters. The van der Waals surface area contributed by atoms with E-state index in [1.54, 1.807) is 31.2 Å². The highest BCUT2D eigenvalue weighted by atomic mass is 16.5. The van der Waals surface area contributed by atoms with Crippen LogP contribution in [-0.2, 0) is 11.2 Å². The second-order valence-electron chi connectivity index (χ2n) is 5.86. The van der Waals surface area contributed by atoms with Crippen LogP contribution in [-0.4, -0.2) is 43.1 Å². The molecule has 25 heavy (non-hydrogen) atoms. The molecule has 1 amide bonds. The molecule has 3 rings (SSSR count). The number of aromatic nitrogens is 1. The lowest BCUT2D eigenvalue weighted by Gasteiger charge is -2.18. The second-order valence-corrected chi connectivity index (χ2v) is 5.86. The Morgan fingerprint density at radius 3 is 2.60 bits per heavy atom. The van der Waals surface area contributed by atoms with Gasteiger partial charge in [-0.15, -0.1) is 0 Å². The summed E-state index contributed by atoms with van der Waals surface area (Å²) in [5.41, 5.74) is 2.33. The smallest absolute Gasteiger partial charge is 0.260 e. The van der Waals surface area contributed by atoms with Crippen LogP contribution in [0.1, 0.15) is 5.56 Å². The Hall–Kier alpha value is -2.95. The van der Waals surface area contributed by atoms with Crippen LogP contribution in [0.15, 0.2) is 54.7 Å². The van der Waals surface area contributed by atoms with Crippen molar-refractivity contribution in [3.8, 4) is 11.5 Å². The largest absolute Gasteiger partial charge is 0.493 e. The molecule has 3 aromatic rings. The lowest BCUT2D eigenvalue weighted by molar-refractivity contribution is -0.132. The topological polar surface area (TPSA) is 54.6 Å². The number of amides is 1. The number of nitrogens with zero attached hydrogens (tertiary/aromatic N) is 1. The highest BCUT2D eigenvalue weighted by Gasteiger charge is 2.12. The van der Waals surface area contributed by atoms with Gasteiger partial charge in [0.2, 0.25) is 0 Å². The van der Waals surface area contributed by atoms with Crippen molar-refractivity contribution in [1.82, 2.24) is 9.88 Å². The van der Waals surface area contributed by atoms with Crippen molar-refractivity contribution >= 4 is 16.8 Å². The standard InChI is InChI=1S/C20H22N2O3/c1-22(12-11-15-13-21-17-8-4-3-7-16(15)17)20(23)14-25-19-10-6-5-9-18(19)24-2/h3-10,13,21H,11-12,14H2,1-2H3. The first-order chi connectivity index (χ1) is 12.2. The Morgan fingerprint density at radius 1 is 1.08 bits per heavy atom. The van der Waals surface area contributed by atoms with Crippen LogP contribution in [0, 0.1) is 0 Å². The fourth-order valence-electron chi connectivity index (χ4n) is 2.74. The summed E-state index contributed by atoms with van der Waals surface area (Å²) in [4.78, 5) is 17.2. The van der Waals surface area contributed by atoms with Crippen LogP contribution in [0.3, 0.4) is 0 Å². The molecule has 0 saturated heterocycles. The number of ether oxygens (including phenoxy) is 2. The monoisotopic (exact) mass is 338 g/mol.